The molecular weight excluding hydrogens is 548 g/mol. The molecule has 5 rings (SSSR count). The van der Waals surface area contributed by atoms with Gasteiger partial charge in [0.1, 0.15) is 5.75 Å². The Morgan fingerprint density at radius 2 is 1.68 bits per heavy atom. The first-order valence-electron chi connectivity index (χ1n) is 13.0. The summed E-state index contributed by atoms with van der Waals surface area (Å²) >= 11 is 1.33. The Morgan fingerprint density at radius 1 is 0.975 bits per heavy atom. The maximum Gasteiger partial charge on any atom is 0.316 e. The molecule has 8 nitrogen and oxygen atoms in total. The summed E-state index contributed by atoms with van der Waals surface area (Å²) in [6.45, 7) is 4.16. The fourth-order valence-electron chi connectivity index (χ4n) is 4.73. The molecule has 1 heterocycles. The molecule has 0 spiro atoms. The zero-order chi connectivity index (χ0) is 28.5. The lowest BCUT2D eigenvalue weighted by atomic mass is 9.96. The average molecular weight is 579 g/mol. The van der Waals surface area contributed by atoms with Crippen LogP contribution >= 0.6 is 11.3 Å². The number of carbonyl (C=O) groups is 2. The number of esters is 1. The van der Waals surface area contributed by atoms with Crippen molar-refractivity contribution in [1.29, 1.82) is 0 Å². The van der Waals surface area contributed by atoms with Gasteiger partial charge in [0, 0.05) is 16.9 Å². The van der Waals surface area contributed by atoms with Crippen LogP contribution in [0.4, 0.5) is 11.4 Å². The third-order valence-electron chi connectivity index (χ3n) is 7.06. The summed E-state index contributed by atoms with van der Waals surface area (Å²) in [5.41, 5.74) is 1.47. The lowest BCUT2D eigenvalue weighted by Gasteiger charge is -2.23. The molecule has 1 N–H and O–H groups in total. The molecule has 0 saturated heterocycles. The van der Waals surface area contributed by atoms with Crippen LogP contribution in [0.15, 0.2) is 77.7 Å². The maximum atomic E-state index is 13.4. The smallest absolute Gasteiger partial charge is 0.316 e. The summed E-state index contributed by atoms with van der Waals surface area (Å²) in [5.74, 6) is 0.113. The number of rotatable bonds is 10. The van der Waals surface area contributed by atoms with E-state index < -0.39 is 15.4 Å². The Hall–Kier alpha value is -3.89. The summed E-state index contributed by atoms with van der Waals surface area (Å²) in [5, 5.41) is 3.69. The van der Waals surface area contributed by atoms with E-state index in [1.807, 2.05) is 18.2 Å². The Kier molecular flexibility index (Phi) is 7.57. The molecule has 0 bridgehead atoms. The minimum atomic E-state index is -3.79. The number of fused-ring (bicyclic) bond motifs is 1. The molecule has 40 heavy (non-hydrogen) atoms. The fraction of sp³-hybridized carbons (Fsp3) is 0.267. The lowest BCUT2D eigenvalue weighted by molar-refractivity contribution is -0.146. The summed E-state index contributed by atoms with van der Waals surface area (Å²) in [4.78, 5) is 26.1. The second-order valence-corrected chi connectivity index (χ2v) is 12.5. The van der Waals surface area contributed by atoms with Crippen LogP contribution in [-0.2, 0) is 25.0 Å². The number of ether oxygens (including phenoxy) is 2. The van der Waals surface area contributed by atoms with E-state index in [1.54, 1.807) is 56.3 Å². The van der Waals surface area contributed by atoms with E-state index in [4.69, 9.17) is 9.47 Å². The highest BCUT2D eigenvalue weighted by Gasteiger charge is 2.52. The number of hydrogen-bond acceptors (Lipinski definition) is 7. The average Bonchev–Trinajstić information content (AvgIpc) is 3.66. The predicted molar refractivity (Wildman–Crippen MR) is 157 cm³/mol. The van der Waals surface area contributed by atoms with Crippen molar-refractivity contribution >= 4 is 54.7 Å². The second kappa shape index (κ2) is 10.9. The van der Waals surface area contributed by atoms with Gasteiger partial charge in [-0.05, 0) is 98.3 Å². The van der Waals surface area contributed by atoms with Gasteiger partial charge in [0.15, 0.2) is 0 Å². The van der Waals surface area contributed by atoms with Crippen molar-refractivity contribution in [2.75, 3.05) is 29.9 Å². The third-order valence-corrected chi connectivity index (χ3v) is 10.1. The van der Waals surface area contributed by atoms with Crippen LogP contribution in [0.2, 0.25) is 0 Å². The van der Waals surface area contributed by atoms with Crippen molar-refractivity contribution in [2.24, 2.45) is 0 Å². The lowest BCUT2D eigenvalue weighted by Crippen LogP contribution is -2.30. The molecule has 10 heteroatoms. The van der Waals surface area contributed by atoms with Crippen LogP contribution in [0.1, 0.15) is 41.9 Å². The van der Waals surface area contributed by atoms with Crippen molar-refractivity contribution in [3.63, 3.8) is 0 Å². The minimum Gasteiger partial charge on any atom is -0.497 e. The number of anilines is 2. The number of carbonyl (C=O) groups excluding carboxylic acids is 2. The number of nitrogens with zero attached hydrogens (tertiary/aromatic N) is 1. The van der Waals surface area contributed by atoms with Crippen molar-refractivity contribution in [2.45, 2.75) is 37.0 Å². The largest absolute Gasteiger partial charge is 0.497 e. The SMILES string of the molecule is CCOC(=O)C1(c2ccc(NC(=O)c3cc4cc(N(CC)S(=O)(=O)c5ccc(OC)cc5)ccc4s3)cc2)CC1. The Morgan fingerprint density at radius 3 is 2.27 bits per heavy atom. The van der Waals surface area contributed by atoms with Crippen LogP contribution in [-0.4, -0.2) is 40.6 Å². The van der Waals surface area contributed by atoms with E-state index in [0.29, 0.717) is 28.6 Å². The molecule has 1 amide bonds. The van der Waals surface area contributed by atoms with Crippen molar-refractivity contribution in [3.8, 4) is 5.75 Å². The van der Waals surface area contributed by atoms with Crippen molar-refractivity contribution < 1.29 is 27.5 Å². The fourth-order valence-corrected chi connectivity index (χ4v) is 7.14. The molecule has 1 aromatic heterocycles. The van der Waals surface area contributed by atoms with Gasteiger partial charge in [-0.15, -0.1) is 11.3 Å². The highest BCUT2D eigenvalue weighted by molar-refractivity contribution is 7.92. The van der Waals surface area contributed by atoms with Gasteiger partial charge < -0.3 is 14.8 Å². The van der Waals surface area contributed by atoms with Crippen LogP contribution < -0.4 is 14.4 Å². The third kappa shape index (κ3) is 5.16. The molecule has 0 radical (unpaired) electrons. The van der Waals surface area contributed by atoms with E-state index in [9.17, 15) is 18.0 Å². The van der Waals surface area contributed by atoms with E-state index in [2.05, 4.69) is 5.32 Å². The molecule has 1 aliphatic carbocycles. The summed E-state index contributed by atoms with van der Waals surface area (Å²) < 4.78 is 39.3. The number of nitrogens with one attached hydrogen (secondary N) is 1. The highest BCUT2D eigenvalue weighted by Crippen LogP contribution is 2.49. The summed E-state index contributed by atoms with van der Waals surface area (Å²) in [7, 11) is -2.27. The molecule has 1 fully saturated rings. The standard InChI is InChI=1S/C30H30N2O6S2/c1-4-32(40(35,36)25-13-11-24(37-3)12-14-25)23-10-15-26-20(18-23)19-27(39-26)28(33)31-22-8-6-21(7-9-22)30(16-17-30)29(34)38-5-2/h6-15,18-19H,4-5,16-17H2,1-3H3,(H,31,33). The van der Waals surface area contributed by atoms with Crippen molar-refractivity contribution in [1.82, 2.24) is 0 Å². The van der Waals surface area contributed by atoms with Crippen LogP contribution in [0.5, 0.6) is 5.75 Å². The molecule has 0 unspecified atom stereocenters. The zero-order valence-electron chi connectivity index (χ0n) is 22.5. The van der Waals surface area contributed by atoms with Gasteiger partial charge in [0.25, 0.3) is 15.9 Å². The number of hydrogen-bond donors (Lipinski definition) is 1. The van der Waals surface area contributed by atoms with Gasteiger partial charge in [-0.3, -0.25) is 13.9 Å². The van der Waals surface area contributed by atoms with Crippen LogP contribution in [0, 0.1) is 0 Å². The predicted octanol–water partition coefficient (Wildman–Crippen LogP) is 5.97. The number of sulfonamides is 1. The first kappa shape index (κ1) is 27.7. The van der Waals surface area contributed by atoms with Gasteiger partial charge >= 0.3 is 5.97 Å². The zero-order valence-corrected chi connectivity index (χ0v) is 24.1. The molecule has 3 aromatic carbocycles. The van der Waals surface area contributed by atoms with Crippen molar-refractivity contribution in [3.05, 3.63) is 83.2 Å². The molecular formula is C30H30N2O6S2. The summed E-state index contributed by atoms with van der Waals surface area (Å²) in [6.07, 6.45) is 1.52. The molecule has 1 aliphatic rings. The number of amides is 1. The normalized spacial score (nSPS) is 14.0. The number of benzene rings is 3. The second-order valence-electron chi connectivity index (χ2n) is 9.51. The molecule has 1 saturated carbocycles. The monoisotopic (exact) mass is 578 g/mol. The molecule has 4 aromatic rings. The molecule has 0 aliphatic heterocycles. The first-order valence-corrected chi connectivity index (χ1v) is 15.3. The van der Waals surface area contributed by atoms with Crippen LogP contribution in [0.3, 0.4) is 0 Å². The maximum absolute atomic E-state index is 13.4. The van der Waals surface area contributed by atoms with E-state index in [-0.39, 0.29) is 23.3 Å². The number of thiophene rings is 1. The van der Waals surface area contributed by atoms with Gasteiger partial charge in [-0.25, -0.2) is 8.42 Å². The minimum absolute atomic E-state index is 0.168. The quantitative estimate of drug-likeness (QED) is 0.233. The Bertz CT molecular complexity index is 1660. The number of methoxy groups -OCH3 is 1. The van der Waals surface area contributed by atoms with E-state index >= 15 is 0 Å². The molecule has 208 valence electrons. The first-order chi connectivity index (χ1) is 19.2. The van der Waals surface area contributed by atoms with Gasteiger partial charge in [-0.1, -0.05) is 12.1 Å². The highest BCUT2D eigenvalue weighted by atomic mass is 32.2. The van der Waals surface area contributed by atoms with Crippen LogP contribution in [0.25, 0.3) is 10.1 Å². The van der Waals surface area contributed by atoms with E-state index in [1.165, 1.54) is 34.9 Å². The topological polar surface area (TPSA) is 102 Å². The Balaban J connectivity index is 1.33. The van der Waals surface area contributed by atoms with Gasteiger partial charge in [-0.2, -0.15) is 0 Å². The van der Waals surface area contributed by atoms with E-state index in [0.717, 1.165) is 28.5 Å². The molecule has 0 atom stereocenters. The van der Waals surface area contributed by atoms with Gasteiger partial charge in [0.2, 0.25) is 0 Å². The summed E-state index contributed by atoms with van der Waals surface area (Å²) in [6, 6.07) is 20.7. The Labute approximate surface area is 237 Å². The van der Waals surface area contributed by atoms with Gasteiger partial charge in [0.05, 0.1) is 34.6 Å².